The van der Waals surface area contributed by atoms with E-state index in [0.717, 1.165) is 52.4 Å². The molecule has 0 aromatic carbocycles. The molecule has 0 radical (unpaired) electrons. The second kappa shape index (κ2) is 10.6. The van der Waals surface area contributed by atoms with Crippen LogP contribution in [-0.4, -0.2) is 124 Å². The highest BCUT2D eigenvalue weighted by molar-refractivity contribution is 5.71. The molecule has 0 amide bonds. The van der Waals surface area contributed by atoms with Crippen LogP contribution >= 0.6 is 0 Å². The largest absolute Gasteiger partial charge is 0.465 e. The van der Waals surface area contributed by atoms with Gasteiger partial charge >= 0.3 is 5.97 Å². The monoisotopic (exact) mass is 368 g/mol. The lowest BCUT2D eigenvalue weighted by molar-refractivity contribution is -0.145. The van der Waals surface area contributed by atoms with Crippen LogP contribution in [0.2, 0.25) is 0 Å². The zero-order valence-corrected chi connectivity index (χ0v) is 16.4. The molecule has 0 bridgehead atoms. The number of rotatable bonds is 7. The van der Waals surface area contributed by atoms with Gasteiger partial charge in [0, 0.05) is 64.9 Å². The number of piperidine rings is 1. The molecule has 3 fully saturated rings. The minimum Gasteiger partial charge on any atom is -0.465 e. The van der Waals surface area contributed by atoms with Crippen molar-refractivity contribution in [2.75, 3.05) is 92.3 Å². The number of likely N-dealkylation sites (tertiary alicyclic amines) is 1. The Hall–Kier alpha value is -0.730. The third-order valence-corrected chi connectivity index (χ3v) is 5.95. The first kappa shape index (κ1) is 20.0. The SMILES string of the molecule is CN1CCN(C2CCN(CC(=O)OCCCN3CCOCC3)CC2)CC1. The molecule has 0 aromatic heterocycles. The molecule has 0 N–H and O–H groups in total. The van der Waals surface area contributed by atoms with E-state index in [2.05, 4.69) is 26.6 Å². The van der Waals surface area contributed by atoms with Crippen LogP contribution in [0, 0.1) is 0 Å². The van der Waals surface area contributed by atoms with E-state index in [1.165, 1.54) is 39.0 Å². The van der Waals surface area contributed by atoms with Crippen LogP contribution < -0.4 is 0 Å². The van der Waals surface area contributed by atoms with Gasteiger partial charge in [0.2, 0.25) is 0 Å². The van der Waals surface area contributed by atoms with Crippen molar-refractivity contribution < 1.29 is 14.3 Å². The van der Waals surface area contributed by atoms with Crippen molar-refractivity contribution in [3.05, 3.63) is 0 Å². The van der Waals surface area contributed by atoms with E-state index < -0.39 is 0 Å². The lowest BCUT2D eigenvalue weighted by Gasteiger charge is -2.41. The fraction of sp³-hybridized carbons (Fsp3) is 0.947. The zero-order valence-electron chi connectivity index (χ0n) is 16.4. The molecule has 0 aromatic rings. The summed E-state index contributed by atoms with van der Waals surface area (Å²) in [6.07, 6.45) is 3.26. The topological polar surface area (TPSA) is 48.5 Å². The molecule has 0 aliphatic carbocycles. The van der Waals surface area contributed by atoms with Gasteiger partial charge in [-0.1, -0.05) is 0 Å². The molecule has 0 spiro atoms. The molecule has 3 heterocycles. The number of nitrogens with zero attached hydrogens (tertiary/aromatic N) is 4. The maximum absolute atomic E-state index is 12.1. The lowest BCUT2D eigenvalue weighted by Crippen LogP contribution is -2.52. The summed E-state index contributed by atoms with van der Waals surface area (Å²) in [7, 11) is 2.20. The molecule has 3 aliphatic rings. The van der Waals surface area contributed by atoms with Gasteiger partial charge in [-0.25, -0.2) is 0 Å². The molecule has 3 saturated heterocycles. The predicted molar refractivity (Wildman–Crippen MR) is 101 cm³/mol. The molecule has 0 atom stereocenters. The number of esters is 1. The summed E-state index contributed by atoms with van der Waals surface area (Å²) in [6.45, 7) is 12.4. The van der Waals surface area contributed by atoms with Gasteiger partial charge in [0.15, 0.2) is 0 Å². The third kappa shape index (κ3) is 6.46. The van der Waals surface area contributed by atoms with Crippen LogP contribution in [0.1, 0.15) is 19.3 Å². The molecule has 150 valence electrons. The Morgan fingerprint density at radius 1 is 0.962 bits per heavy atom. The van der Waals surface area contributed by atoms with E-state index in [-0.39, 0.29) is 5.97 Å². The summed E-state index contributed by atoms with van der Waals surface area (Å²) in [6, 6.07) is 0.699. The minimum atomic E-state index is -0.0648. The highest BCUT2D eigenvalue weighted by atomic mass is 16.5. The van der Waals surface area contributed by atoms with E-state index >= 15 is 0 Å². The van der Waals surface area contributed by atoms with Crippen LogP contribution in [0.3, 0.4) is 0 Å². The van der Waals surface area contributed by atoms with E-state index in [4.69, 9.17) is 9.47 Å². The van der Waals surface area contributed by atoms with E-state index in [0.29, 0.717) is 19.2 Å². The van der Waals surface area contributed by atoms with Crippen LogP contribution in [0.15, 0.2) is 0 Å². The summed E-state index contributed by atoms with van der Waals surface area (Å²) in [5.41, 5.74) is 0. The number of ether oxygens (including phenoxy) is 2. The fourth-order valence-electron chi connectivity index (χ4n) is 4.16. The fourth-order valence-corrected chi connectivity index (χ4v) is 4.16. The van der Waals surface area contributed by atoms with E-state index in [1.54, 1.807) is 0 Å². The van der Waals surface area contributed by atoms with Gasteiger partial charge in [0.05, 0.1) is 26.4 Å². The van der Waals surface area contributed by atoms with Crippen LogP contribution in [0.5, 0.6) is 0 Å². The summed E-state index contributed by atoms with van der Waals surface area (Å²) in [4.78, 5) is 21.7. The standard InChI is InChI=1S/C19H36N4O3/c1-20-8-10-23(11-9-20)18-3-6-22(7-4-18)17-19(24)26-14-2-5-21-12-15-25-16-13-21/h18H,2-17H2,1H3. The summed E-state index contributed by atoms with van der Waals surface area (Å²) >= 11 is 0. The van der Waals surface area contributed by atoms with Crippen molar-refractivity contribution in [2.24, 2.45) is 0 Å². The molecule has 0 unspecified atom stereocenters. The van der Waals surface area contributed by atoms with Crippen molar-refractivity contribution in [1.29, 1.82) is 0 Å². The maximum Gasteiger partial charge on any atom is 0.320 e. The average molecular weight is 369 g/mol. The Kier molecular flexibility index (Phi) is 8.13. The number of carbonyl (C=O) groups is 1. The number of likely N-dealkylation sites (N-methyl/N-ethyl adjacent to an activating group) is 1. The number of hydrogen-bond acceptors (Lipinski definition) is 7. The summed E-state index contributed by atoms with van der Waals surface area (Å²) in [5, 5.41) is 0. The zero-order chi connectivity index (χ0) is 18.2. The van der Waals surface area contributed by atoms with Crippen molar-refractivity contribution in [3.8, 4) is 0 Å². The molecule has 3 aliphatic heterocycles. The first-order chi connectivity index (χ1) is 12.7. The van der Waals surface area contributed by atoms with Crippen LogP contribution in [0.25, 0.3) is 0 Å². The maximum atomic E-state index is 12.1. The van der Waals surface area contributed by atoms with Gasteiger partial charge in [0.25, 0.3) is 0 Å². The molecule has 0 saturated carbocycles. The minimum absolute atomic E-state index is 0.0648. The number of morpholine rings is 1. The molecule has 26 heavy (non-hydrogen) atoms. The smallest absolute Gasteiger partial charge is 0.320 e. The lowest BCUT2D eigenvalue weighted by atomic mass is 10.0. The Labute approximate surface area is 158 Å². The Balaban J connectivity index is 1.24. The molecule has 7 nitrogen and oxygen atoms in total. The normalized spacial score (nSPS) is 25.4. The average Bonchev–Trinajstić information content (AvgIpc) is 2.67. The molecule has 3 rings (SSSR count). The van der Waals surface area contributed by atoms with E-state index in [9.17, 15) is 4.79 Å². The molecular weight excluding hydrogens is 332 g/mol. The summed E-state index contributed by atoms with van der Waals surface area (Å²) < 4.78 is 10.8. The molecule has 7 heteroatoms. The second-order valence-electron chi connectivity index (χ2n) is 7.87. The number of carbonyl (C=O) groups excluding carboxylic acids is 1. The highest BCUT2D eigenvalue weighted by Gasteiger charge is 2.27. The first-order valence-electron chi connectivity index (χ1n) is 10.3. The van der Waals surface area contributed by atoms with E-state index in [1.807, 2.05) is 0 Å². The van der Waals surface area contributed by atoms with Crippen molar-refractivity contribution in [2.45, 2.75) is 25.3 Å². The van der Waals surface area contributed by atoms with Gasteiger partial charge in [-0.05, 0) is 26.3 Å². The van der Waals surface area contributed by atoms with Gasteiger partial charge < -0.3 is 14.4 Å². The van der Waals surface area contributed by atoms with Crippen LogP contribution in [0.4, 0.5) is 0 Å². The van der Waals surface area contributed by atoms with Crippen molar-refractivity contribution >= 4 is 5.97 Å². The second-order valence-corrected chi connectivity index (χ2v) is 7.87. The number of piperazine rings is 1. The van der Waals surface area contributed by atoms with Crippen molar-refractivity contribution in [1.82, 2.24) is 19.6 Å². The Morgan fingerprint density at radius 3 is 2.35 bits per heavy atom. The van der Waals surface area contributed by atoms with Crippen molar-refractivity contribution in [3.63, 3.8) is 0 Å². The Bertz CT molecular complexity index is 415. The van der Waals surface area contributed by atoms with Gasteiger partial charge in [-0.3, -0.25) is 19.5 Å². The third-order valence-electron chi connectivity index (χ3n) is 5.95. The highest BCUT2D eigenvalue weighted by Crippen LogP contribution is 2.18. The Morgan fingerprint density at radius 2 is 1.65 bits per heavy atom. The first-order valence-corrected chi connectivity index (χ1v) is 10.3. The van der Waals surface area contributed by atoms with Gasteiger partial charge in [-0.15, -0.1) is 0 Å². The number of hydrogen-bond donors (Lipinski definition) is 0. The van der Waals surface area contributed by atoms with Gasteiger partial charge in [-0.2, -0.15) is 0 Å². The van der Waals surface area contributed by atoms with Gasteiger partial charge in [0.1, 0.15) is 0 Å². The summed E-state index contributed by atoms with van der Waals surface area (Å²) in [5.74, 6) is -0.0648. The molecular formula is C19H36N4O3. The predicted octanol–water partition coefficient (Wildman–Crippen LogP) is -0.0363. The quantitative estimate of drug-likeness (QED) is 0.462. The van der Waals surface area contributed by atoms with Crippen LogP contribution in [-0.2, 0) is 14.3 Å².